The lowest BCUT2D eigenvalue weighted by atomic mass is 10.0. The lowest BCUT2D eigenvalue weighted by Gasteiger charge is -2.18. The van der Waals surface area contributed by atoms with E-state index in [2.05, 4.69) is 17.4 Å². The summed E-state index contributed by atoms with van der Waals surface area (Å²) in [5.41, 5.74) is 6.20. The van der Waals surface area contributed by atoms with Gasteiger partial charge in [-0.25, -0.2) is 4.79 Å². The molecule has 0 spiro atoms. The molecule has 1 amide bonds. The molecule has 1 atom stereocenters. The van der Waals surface area contributed by atoms with Gasteiger partial charge in [-0.2, -0.15) is 0 Å². The lowest BCUT2D eigenvalue weighted by Crippen LogP contribution is -2.28. The maximum Gasteiger partial charge on any atom is 0.404 e. The predicted molar refractivity (Wildman–Crippen MR) is 65.4 cm³/mol. The van der Waals surface area contributed by atoms with Gasteiger partial charge in [0, 0.05) is 12.6 Å². The molecule has 1 aliphatic rings. The monoisotopic (exact) mass is 234 g/mol. The molecule has 4 heteroatoms. The number of amides is 1. The smallest absolute Gasteiger partial charge is 0.404 e. The molecule has 17 heavy (non-hydrogen) atoms. The zero-order chi connectivity index (χ0) is 12.1. The zero-order valence-corrected chi connectivity index (χ0v) is 9.76. The molecule has 1 fully saturated rings. The number of nitrogens with two attached hydrogens (primary N) is 1. The number of hydrogen-bond donors (Lipinski definition) is 2. The molecule has 1 saturated carbocycles. The Labute approximate surface area is 101 Å². The topological polar surface area (TPSA) is 64.4 Å². The first-order valence-corrected chi connectivity index (χ1v) is 5.98. The minimum Gasteiger partial charge on any atom is -0.448 e. The first-order valence-electron chi connectivity index (χ1n) is 5.98. The van der Waals surface area contributed by atoms with Gasteiger partial charge in [0.15, 0.2) is 0 Å². The van der Waals surface area contributed by atoms with Gasteiger partial charge < -0.3 is 15.8 Å². The molecule has 0 saturated heterocycles. The molecule has 0 bridgehead atoms. The third-order valence-corrected chi connectivity index (χ3v) is 2.96. The van der Waals surface area contributed by atoms with Crippen LogP contribution in [0.25, 0.3) is 0 Å². The van der Waals surface area contributed by atoms with Gasteiger partial charge in [0.2, 0.25) is 0 Å². The van der Waals surface area contributed by atoms with Crippen molar-refractivity contribution in [3.05, 3.63) is 35.9 Å². The van der Waals surface area contributed by atoms with Crippen LogP contribution in [0, 0.1) is 5.92 Å². The van der Waals surface area contributed by atoms with Crippen LogP contribution in [0.1, 0.15) is 24.4 Å². The molecule has 0 radical (unpaired) electrons. The van der Waals surface area contributed by atoms with Crippen molar-refractivity contribution in [1.82, 2.24) is 5.32 Å². The molecule has 1 aliphatic carbocycles. The molecular formula is C13H18N2O2. The number of primary amides is 1. The van der Waals surface area contributed by atoms with Crippen LogP contribution >= 0.6 is 0 Å². The van der Waals surface area contributed by atoms with Crippen molar-refractivity contribution in [1.29, 1.82) is 0 Å². The fourth-order valence-electron chi connectivity index (χ4n) is 2.01. The summed E-state index contributed by atoms with van der Waals surface area (Å²) in [7, 11) is 0. The summed E-state index contributed by atoms with van der Waals surface area (Å²) in [5, 5.41) is 3.42. The van der Waals surface area contributed by atoms with Crippen LogP contribution < -0.4 is 11.1 Å². The number of rotatable bonds is 6. The second-order valence-corrected chi connectivity index (χ2v) is 4.35. The second kappa shape index (κ2) is 5.68. The molecule has 4 nitrogen and oxygen atoms in total. The van der Waals surface area contributed by atoms with E-state index in [0.717, 1.165) is 0 Å². The summed E-state index contributed by atoms with van der Waals surface area (Å²) in [6.07, 6.45) is 1.82. The number of ether oxygens (including phenoxy) is 1. The Kier molecular flexibility index (Phi) is 3.98. The summed E-state index contributed by atoms with van der Waals surface area (Å²) in [6.45, 7) is 0.963. The maximum absolute atomic E-state index is 10.4. The molecule has 1 unspecified atom stereocenters. The Hall–Kier alpha value is -1.55. The SMILES string of the molecule is NC(=O)OCCNC(c1ccccc1)C1CC1. The van der Waals surface area contributed by atoms with E-state index in [1.165, 1.54) is 18.4 Å². The molecule has 0 heterocycles. The van der Waals surface area contributed by atoms with Crippen molar-refractivity contribution in [3.63, 3.8) is 0 Å². The van der Waals surface area contributed by atoms with Crippen molar-refractivity contribution in [2.45, 2.75) is 18.9 Å². The molecule has 0 aliphatic heterocycles. The fourth-order valence-corrected chi connectivity index (χ4v) is 2.01. The van der Waals surface area contributed by atoms with E-state index >= 15 is 0 Å². The number of hydrogen-bond acceptors (Lipinski definition) is 3. The van der Waals surface area contributed by atoms with Crippen molar-refractivity contribution in [3.8, 4) is 0 Å². The quantitative estimate of drug-likeness (QED) is 0.738. The number of nitrogens with one attached hydrogen (secondary N) is 1. The Morgan fingerprint density at radius 2 is 2.12 bits per heavy atom. The van der Waals surface area contributed by atoms with E-state index in [-0.39, 0.29) is 0 Å². The van der Waals surface area contributed by atoms with Gasteiger partial charge in [0.05, 0.1) is 0 Å². The molecule has 2 rings (SSSR count). The van der Waals surface area contributed by atoms with Crippen molar-refractivity contribution in [2.24, 2.45) is 11.7 Å². The normalized spacial score (nSPS) is 16.5. The molecule has 92 valence electrons. The number of carbonyl (C=O) groups excluding carboxylic acids is 1. The largest absolute Gasteiger partial charge is 0.448 e. The highest BCUT2D eigenvalue weighted by molar-refractivity contribution is 5.64. The van der Waals surface area contributed by atoms with Crippen LogP contribution in [0.15, 0.2) is 30.3 Å². The van der Waals surface area contributed by atoms with Gasteiger partial charge in [-0.1, -0.05) is 30.3 Å². The van der Waals surface area contributed by atoms with E-state index in [0.29, 0.717) is 25.1 Å². The Morgan fingerprint density at radius 3 is 2.71 bits per heavy atom. The Balaban J connectivity index is 1.84. The summed E-state index contributed by atoms with van der Waals surface area (Å²) in [6, 6.07) is 10.7. The van der Waals surface area contributed by atoms with Crippen LogP contribution in [0.2, 0.25) is 0 Å². The van der Waals surface area contributed by atoms with Crippen LogP contribution in [-0.2, 0) is 4.74 Å². The first-order chi connectivity index (χ1) is 8.27. The fraction of sp³-hybridized carbons (Fsp3) is 0.462. The van der Waals surface area contributed by atoms with E-state index in [1.807, 2.05) is 18.2 Å². The molecule has 1 aromatic rings. The second-order valence-electron chi connectivity index (χ2n) is 4.35. The highest BCUT2D eigenvalue weighted by Crippen LogP contribution is 2.40. The highest BCUT2D eigenvalue weighted by atomic mass is 16.5. The minimum atomic E-state index is -0.713. The van der Waals surface area contributed by atoms with Gasteiger partial charge >= 0.3 is 6.09 Å². The summed E-state index contributed by atoms with van der Waals surface area (Å²) in [5.74, 6) is 0.714. The van der Waals surface area contributed by atoms with Gasteiger partial charge in [-0.3, -0.25) is 0 Å². The summed E-state index contributed by atoms with van der Waals surface area (Å²) in [4.78, 5) is 10.4. The van der Waals surface area contributed by atoms with Crippen molar-refractivity contribution >= 4 is 6.09 Å². The van der Waals surface area contributed by atoms with Crippen LogP contribution in [0.5, 0.6) is 0 Å². The third-order valence-electron chi connectivity index (χ3n) is 2.96. The van der Waals surface area contributed by atoms with Gasteiger partial charge in [0.25, 0.3) is 0 Å². The average molecular weight is 234 g/mol. The van der Waals surface area contributed by atoms with E-state index in [9.17, 15) is 4.79 Å². The molecule has 0 aromatic heterocycles. The van der Waals surface area contributed by atoms with Gasteiger partial charge in [0.1, 0.15) is 6.61 Å². The molecule has 1 aromatic carbocycles. The van der Waals surface area contributed by atoms with Crippen molar-refractivity contribution < 1.29 is 9.53 Å². The number of carbonyl (C=O) groups is 1. The zero-order valence-electron chi connectivity index (χ0n) is 9.76. The van der Waals surface area contributed by atoms with Crippen LogP contribution in [-0.4, -0.2) is 19.2 Å². The predicted octanol–water partition coefficient (Wildman–Crippen LogP) is 1.82. The van der Waals surface area contributed by atoms with Crippen LogP contribution in [0.4, 0.5) is 4.79 Å². The van der Waals surface area contributed by atoms with Gasteiger partial charge in [-0.15, -0.1) is 0 Å². The minimum absolute atomic E-state index is 0.325. The average Bonchev–Trinajstić information content (AvgIpc) is 3.14. The summed E-state index contributed by atoms with van der Waals surface area (Å²) >= 11 is 0. The first kappa shape index (κ1) is 11.9. The van der Waals surface area contributed by atoms with Crippen molar-refractivity contribution in [2.75, 3.05) is 13.2 Å². The Morgan fingerprint density at radius 1 is 1.41 bits per heavy atom. The van der Waals surface area contributed by atoms with E-state index < -0.39 is 6.09 Å². The van der Waals surface area contributed by atoms with E-state index in [1.54, 1.807) is 0 Å². The summed E-state index contributed by atoms with van der Waals surface area (Å²) < 4.78 is 4.70. The molecular weight excluding hydrogens is 216 g/mol. The number of benzene rings is 1. The van der Waals surface area contributed by atoms with Gasteiger partial charge in [-0.05, 0) is 24.3 Å². The standard InChI is InChI=1S/C13H18N2O2/c14-13(16)17-9-8-15-12(11-6-7-11)10-4-2-1-3-5-10/h1-5,11-12,15H,6-9H2,(H2,14,16). The molecule has 3 N–H and O–H groups in total. The maximum atomic E-state index is 10.4. The lowest BCUT2D eigenvalue weighted by molar-refractivity contribution is 0.155. The highest BCUT2D eigenvalue weighted by Gasteiger charge is 2.31. The van der Waals surface area contributed by atoms with E-state index in [4.69, 9.17) is 10.5 Å². The third kappa shape index (κ3) is 3.75. The Bertz CT molecular complexity index is 363. The van der Waals surface area contributed by atoms with Crippen LogP contribution in [0.3, 0.4) is 0 Å².